The van der Waals surface area contributed by atoms with Crippen LogP contribution < -0.4 is 4.62 Å². The Bertz CT molecular complexity index is 990. The fourth-order valence-electron chi connectivity index (χ4n) is 3.84. The molecule has 0 aliphatic carbocycles. The summed E-state index contributed by atoms with van der Waals surface area (Å²) < 4.78 is 1.57. The smallest absolute Gasteiger partial charge is 0.0770 e. The topological polar surface area (TPSA) is 0 Å². The first-order valence-corrected chi connectivity index (χ1v) is 11.3. The van der Waals surface area contributed by atoms with Gasteiger partial charge in [0.25, 0.3) is 0 Å². The summed E-state index contributed by atoms with van der Waals surface area (Å²) in [4.78, 5) is 1.52. The number of allylic oxidation sites excluding steroid dienone is 3. The first-order chi connectivity index (χ1) is 11.7. The van der Waals surface area contributed by atoms with E-state index in [1.54, 1.807) is 4.62 Å². The van der Waals surface area contributed by atoms with Crippen LogP contribution in [0, 0.1) is 0 Å². The summed E-state index contributed by atoms with van der Waals surface area (Å²) in [7, 11) is -0.422. The molecule has 0 radical (unpaired) electrons. The molecule has 0 N–H and O–H groups in total. The lowest BCUT2D eigenvalue weighted by atomic mass is 9.89. The molecule has 2 atom stereocenters. The van der Waals surface area contributed by atoms with E-state index in [4.69, 9.17) is 0 Å². The minimum absolute atomic E-state index is 0.00153. The van der Waals surface area contributed by atoms with Gasteiger partial charge < -0.3 is 0 Å². The van der Waals surface area contributed by atoms with Crippen LogP contribution in [0.15, 0.2) is 76.3 Å². The van der Waals surface area contributed by atoms with Crippen LogP contribution in [-0.4, -0.2) is 0 Å². The molecule has 0 amide bonds. The van der Waals surface area contributed by atoms with Crippen molar-refractivity contribution in [3.8, 4) is 11.1 Å². The lowest BCUT2D eigenvalue weighted by molar-refractivity contribution is 0.933. The third-order valence-electron chi connectivity index (χ3n) is 5.13. The van der Waals surface area contributed by atoms with Crippen LogP contribution in [0.1, 0.15) is 24.3 Å². The molecule has 3 aromatic rings. The Balaban J connectivity index is 1.92. The van der Waals surface area contributed by atoms with E-state index >= 15 is 0 Å². The molecular weight excluding hydrogens is 347 g/mol. The minimum Gasteiger partial charge on any atom is -0.147 e. The van der Waals surface area contributed by atoms with Crippen molar-refractivity contribution in [2.24, 2.45) is 0 Å². The molecule has 2 aliphatic rings. The van der Waals surface area contributed by atoms with E-state index in [1.165, 1.54) is 32.7 Å². The molecule has 0 saturated carbocycles. The minimum atomic E-state index is -0.422. The predicted molar refractivity (Wildman–Crippen MR) is 109 cm³/mol. The highest BCUT2D eigenvalue weighted by Crippen LogP contribution is 2.70. The summed E-state index contributed by atoms with van der Waals surface area (Å²) in [5.41, 5.74) is 7.19. The van der Waals surface area contributed by atoms with E-state index in [0.29, 0.717) is 0 Å². The van der Waals surface area contributed by atoms with Crippen LogP contribution in [-0.2, 0) is 5.16 Å². The molecule has 2 unspecified atom stereocenters. The van der Waals surface area contributed by atoms with Gasteiger partial charge in [0.1, 0.15) is 0 Å². The van der Waals surface area contributed by atoms with Gasteiger partial charge in [0.15, 0.2) is 0 Å². The third kappa shape index (κ3) is 1.82. The van der Waals surface area contributed by atoms with Gasteiger partial charge in [-0.3, -0.25) is 0 Å². The molecule has 1 aromatic carbocycles. The van der Waals surface area contributed by atoms with Crippen LogP contribution in [0.2, 0.25) is 0 Å². The van der Waals surface area contributed by atoms with Crippen molar-refractivity contribution in [3.63, 3.8) is 0 Å². The van der Waals surface area contributed by atoms with E-state index < -0.39 is 7.92 Å². The standard InChI is InChI=1S/C21H17PS2/c1-14-12-21(16-6-4-3-5-7-16)19-17(8-10-23-19)18-9-11-24-20(18)22(21)13-15(14)2/h3-13H,1-2H3. The summed E-state index contributed by atoms with van der Waals surface area (Å²) >= 11 is 3.86. The van der Waals surface area contributed by atoms with Crippen molar-refractivity contribution in [2.45, 2.75) is 19.0 Å². The molecule has 24 heavy (non-hydrogen) atoms. The van der Waals surface area contributed by atoms with Crippen LogP contribution >= 0.6 is 30.6 Å². The summed E-state index contributed by atoms with van der Waals surface area (Å²) in [6.07, 6.45) is 2.56. The second-order valence-electron chi connectivity index (χ2n) is 6.44. The normalized spacial score (nSPS) is 24.5. The maximum Gasteiger partial charge on any atom is 0.0770 e. The SMILES string of the molecule is CC1=CP2c3sccc3-c3ccsc3C2(c2ccccc2)C=C1C. The predicted octanol–water partition coefficient (Wildman–Crippen LogP) is 6.70. The van der Waals surface area contributed by atoms with E-state index in [1.807, 2.05) is 22.7 Å². The molecule has 5 rings (SSSR count). The zero-order valence-corrected chi connectivity index (χ0v) is 16.1. The Labute approximate surface area is 151 Å². The Morgan fingerprint density at radius 2 is 1.58 bits per heavy atom. The molecule has 4 heterocycles. The monoisotopic (exact) mass is 364 g/mol. The van der Waals surface area contributed by atoms with Crippen molar-refractivity contribution >= 4 is 35.2 Å². The second-order valence-corrected chi connectivity index (χ2v) is 10.7. The molecule has 0 spiro atoms. The highest BCUT2D eigenvalue weighted by Gasteiger charge is 2.48. The van der Waals surface area contributed by atoms with Crippen molar-refractivity contribution in [3.05, 3.63) is 86.7 Å². The van der Waals surface area contributed by atoms with Crippen LogP contribution in [0.25, 0.3) is 11.1 Å². The summed E-state index contributed by atoms with van der Waals surface area (Å²) in [6.45, 7) is 4.53. The van der Waals surface area contributed by atoms with E-state index in [-0.39, 0.29) is 5.16 Å². The molecule has 3 heteroatoms. The number of benzene rings is 1. The highest BCUT2D eigenvalue weighted by molar-refractivity contribution is 7.76. The zero-order chi connectivity index (χ0) is 16.3. The fourth-order valence-corrected chi connectivity index (χ4v) is 9.95. The van der Waals surface area contributed by atoms with Crippen molar-refractivity contribution in [2.75, 3.05) is 0 Å². The molecule has 0 nitrogen and oxygen atoms in total. The van der Waals surface area contributed by atoms with E-state index in [2.05, 4.69) is 79.0 Å². The Kier molecular flexibility index (Phi) is 3.25. The van der Waals surface area contributed by atoms with Gasteiger partial charge in [-0.1, -0.05) is 47.8 Å². The highest BCUT2D eigenvalue weighted by atomic mass is 32.1. The van der Waals surface area contributed by atoms with Gasteiger partial charge in [0.05, 0.1) is 5.16 Å². The Hall–Kier alpha value is -1.47. The number of hydrogen-bond donors (Lipinski definition) is 0. The summed E-state index contributed by atoms with van der Waals surface area (Å²) in [6, 6.07) is 15.8. The fraction of sp³-hybridized carbons (Fsp3) is 0.143. The van der Waals surface area contributed by atoms with Gasteiger partial charge in [-0.05, 0) is 61.4 Å². The molecule has 0 fully saturated rings. The maximum absolute atomic E-state index is 2.57. The number of rotatable bonds is 1. The lowest BCUT2D eigenvalue weighted by Crippen LogP contribution is -2.31. The van der Waals surface area contributed by atoms with Crippen molar-refractivity contribution in [1.29, 1.82) is 0 Å². The van der Waals surface area contributed by atoms with Crippen molar-refractivity contribution < 1.29 is 0 Å². The van der Waals surface area contributed by atoms with Gasteiger partial charge in [-0.25, -0.2) is 0 Å². The average Bonchev–Trinajstić information content (AvgIpc) is 3.26. The second kappa shape index (κ2) is 5.26. The maximum atomic E-state index is 2.57. The quantitative estimate of drug-likeness (QED) is 0.421. The largest absolute Gasteiger partial charge is 0.147 e. The van der Waals surface area contributed by atoms with Crippen LogP contribution in [0.3, 0.4) is 0 Å². The van der Waals surface area contributed by atoms with Crippen LogP contribution in [0.4, 0.5) is 0 Å². The number of hydrogen-bond acceptors (Lipinski definition) is 2. The molecule has 2 aliphatic heterocycles. The molecule has 118 valence electrons. The zero-order valence-electron chi connectivity index (χ0n) is 13.6. The first kappa shape index (κ1) is 14.8. The molecule has 2 aromatic heterocycles. The van der Waals surface area contributed by atoms with E-state index in [9.17, 15) is 0 Å². The molecular formula is C21H17PS2. The summed E-state index contributed by atoms with van der Waals surface area (Å²) in [5.74, 6) is 2.57. The van der Waals surface area contributed by atoms with E-state index in [0.717, 1.165) is 0 Å². The Morgan fingerprint density at radius 3 is 2.42 bits per heavy atom. The van der Waals surface area contributed by atoms with Gasteiger partial charge in [0.2, 0.25) is 0 Å². The van der Waals surface area contributed by atoms with Crippen molar-refractivity contribution in [1.82, 2.24) is 0 Å². The lowest BCUT2D eigenvalue weighted by Gasteiger charge is -2.44. The molecule has 0 bridgehead atoms. The molecule has 0 saturated heterocycles. The first-order valence-electron chi connectivity index (χ1n) is 8.11. The summed E-state index contributed by atoms with van der Waals surface area (Å²) in [5, 5.41) is 4.54. The van der Waals surface area contributed by atoms with Gasteiger partial charge in [-0.2, -0.15) is 0 Å². The van der Waals surface area contributed by atoms with Gasteiger partial charge in [-0.15, -0.1) is 22.7 Å². The average molecular weight is 364 g/mol. The number of fused-ring (bicyclic) bond motifs is 6. The third-order valence-corrected chi connectivity index (χ3v) is 10.6. The van der Waals surface area contributed by atoms with Gasteiger partial charge in [0, 0.05) is 15.1 Å². The van der Waals surface area contributed by atoms with Gasteiger partial charge >= 0.3 is 0 Å². The Morgan fingerprint density at radius 1 is 0.833 bits per heavy atom. The van der Waals surface area contributed by atoms with Crippen LogP contribution in [0.5, 0.6) is 0 Å². The number of thiophene rings is 2.